The third-order valence-corrected chi connectivity index (χ3v) is 6.61. The maximum absolute atomic E-state index is 8.24. The van der Waals surface area contributed by atoms with Gasteiger partial charge in [0.1, 0.15) is 0 Å². The van der Waals surface area contributed by atoms with Crippen LogP contribution in [0.4, 0.5) is 0 Å². The fraction of sp³-hybridized carbons (Fsp3) is 0.125. The van der Waals surface area contributed by atoms with Gasteiger partial charge in [0.15, 0.2) is 0 Å². The average molecular weight is 456 g/mol. The highest BCUT2D eigenvalue weighted by Gasteiger charge is 2.25. The number of allylic oxidation sites excluding steroid dienone is 3. The van der Waals surface area contributed by atoms with Gasteiger partial charge in [-0.2, -0.15) is 0 Å². The summed E-state index contributed by atoms with van der Waals surface area (Å²) in [6, 6.07) is 31.3. The van der Waals surface area contributed by atoms with Crippen LogP contribution in [-0.4, -0.2) is 17.0 Å². The Morgan fingerprint density at radius 2 is 1.43 bits per heavy atom. The summed E-state index contributed by atoms with van der Waals surface area (Å²) < 4.78 is 2.27. The number of nitrogens with one attached hydrogen (secondary N) is 1. The molecule has 0 radical (unpaired) electrons. The van der Waals surface area contributed by atoms with Gasteiger partial charge >= 0.3 is 0 Å². The highest BCUT2D eigenvalue weighted by Crippen LogP contribution is 2.35. The molecular formula is C32H29N3. The molecule has 0 aliphatic heterocycles. The van der Waals surface area contributed by atoms with Gasteiger partial charge in [0.2, 0.25) is 0 Å². The summed E-state index contributed by atoms with van der Waals surface area (Å²) in [6.45, 7) is 7.78. The van der Waals surface area contributed by atoms with Gasteiger partial charge in [0, 0.05) is 45.4 Å². The SMILES string of the molecule is C=NC1=CC(C)(C)C=C1C(=N)c1ccccc1.Cn1c2ccccc2c2c3ccccc3ccc21. The molecule has 0 fully saturated rings. The van der Waals surface area contributed by atoms with Gasteiger partial charge < -0.3 is 4.57 Å². The van der Waals surface area contributed by atoms with Crippen molar-refractivity contribution in [2.45, 2.75) is 13.8 Å². The molecule has 1 aliphatic rings. The minimum absolute atomic E-state index is 0.0487. The van der Waals surface area contributed by atoms with Crippen LogP contribution >= 0.6 is 0 Å². The van der Waals surface area contributed by atoms with Crippen LogP contribution in [0, 0.1) is 10.8 Å². The summed E-state index contributed by atoms with van der Waals surface area (Å²) in [5.41, 5.74) is 5.65. The van der Waals surface area contributed by atoms with Crippen molar-refractivity contribution in [1.29, 1.82) is 5.41 Å². The molecule has 172 valence electrons. The normalized spacial score (nSPS) is 14.4. The van der Waals surface area contributed by atoms with Gasteiger partial charge in [0.25, 0.3) is 0 Å². The molecule has 1 aromatic heterocycles. The van der Waals surface area contributed by atoms with Gasteiger partial charge in [-0.1, -0.05) is 98.8 Å². The molecule has 0 spiro atoms. The molecule has 0 amide bonds. The first-order valence-corrected chi connectivity index (χ1v) is 11.8. The Balaban J connectivity index is 0.000000145. The Hall–Kier alpha value is -4.24. The summed E-state index contributed by atoms with van der Waals surface area (Å²) in [4.78, 5) is 4.01. The van der Waals surface area contributed by atoms with Crippen LogP contribution in [0.3, 0.4) is 0 Å². The molecule has 4 aromatic carbocycles. The second-order valence-electron chi connectivity index (χ2n) is 9.57. The van der Waals surface area contributed by atoms with Gasteiger partial charge in [-0.05, 0) is 35.7 Å². The van der Waals surface area contributed by atoms with E-state index in [0.29, 0.717) is 5.71 Å². The molecule has 0 bridgehead atoms. The van der Waals surface area contributed by atoms with E-state index in [1.807, 2.05) is 36.4 Å². The van der Waals surface area contributed by atoms with Gasteiger partial charge in [-0.15, -0.1) is 0 Å². The monoisotopic (exact) mass is 455 g/mol. The number of aryl methyl sites for hydroxylation is 1. The zero-order valence-corrected chi connectivity index (χ0v) is 20.4. The van der Waals surface area contributed by atoms with E-state index in [4.69, 9.17) is 5.41 Å². The Morgan fingerprint density at radius 3 is 2.17 bits per heavy atom. The largest absolute Gasteiger partial charge is 0.344 e. The molecule has 6 rings (SSSR count). The number of aliphatic imine (C=N–C) groups is 1. The van der Waals surface area contributed by atoms with Crippen LogP contribution in [0.2, 0.25) is 0 Å². The second kappa shape index (κ2) is 8.84. The molecule has 3 nitrogen and oxygen atoms in total. The summed E-state index contributed by atoms with van der Waals surface area (Å²) in [7, 11) is 2.14. The van der Waals surface area contributed by atoms with Gasteiger partial charge in [-0.25, -0.2) is 0 Å². The van der Waals surface area contributed by atoms with Crippen LogP contribution < -0.4 is 0 Å². The fourth-order valence-electron chi connectivity index (χ4n) is 4.94. The van der Waals surface area contributed by atoms with Crippen molar-refractivity contribution in [3.63, 3.8) is 0 Å². The van der Waals surface area contributed by atoms with Crippen molar-refractivity contribution in [1.82, 2.24) is 4.57 Å². The molecule has 0 unspecified atom stereocenters. The average Bonchev–Trinajstić information content (AvgIpc) is 3.37. The zero-order valence-electron chi connectivity index (χ0n) is 20.4. The Bertz CT molecular complexity index is 1650. The van der Waals surface area contributed by atoms with Crippen LogP contribution in [0.1, 0.15) is 19.4 Å². The van der Waals surface area contributed by atoms with E-state index < -0.39 is 0 Å². The number of para-hydroxylation sites is 1. The standard InChI is InChI=1S/C17H13N.C15H16N2/c1-18-15-9-5-4-8-14(15)17-13-7-3-2-6-12(13)10-11-16(17)18;1-15(2)9-12(13(10-15)17-3)14(16)11-7-5-4-6-8-11/h2-11H,1H3;4-10,16H,3H2,1-2H3. The number of hydrogen-bond acceptors (Lipinski definition) is 2. The molecule has 0 atom stereocenters. The first-order valence-electron chi connectivity index (χ1n) is 11.8. The molecule has 0 saturated carbocycles. The second-order valence-corrected chi connectivity index (χ2v) is 9.57. The lowest BCUT2D eigenvalue weighted by Gasteiger charge is -2.09. The molecule has 1 aliphatic carbocycles. The van der Waals surface area contributed by atoms with Crippen LogP contribution in [-0.2, 0) is 7.05 Å². The lowest BCUT2D eigenvalue weighted by molar-refractivity contribution is 0.634. The highest BCUT2D eigenvalue weighted by atomic mass is 14.9. The first kappa shape index (κ1) is 22.5. The zero-order chi connectivity index (χ0) is 24.6. The number of nitrogens with zero attached hydrogens (tertiary/aromatic N) is 2. The number of hydrogen-bond donors (Lipinski definition) is 1. The Kier molecular flexibility index (Phi) is 5.70. The number of rotatable bonds is 3. The summed E-state index contributed by atoms with van der Waals surface area (Å²) in [5.74, 6) is 0. The van der Waals surface area contributed by atoms with Crippen molar-refractivity contribution >= 4 is 45.0 Å². The van der Waals surface area contributed by atoms with Crippen LogP contribution in [0.15, 0.2) is 119 Å². The van der Waals surface area contributed by atoms with E-state index in [1.165, 1.54) is 32.6 Å². The van der Waals surface area contributed by atoms with Gasteiger partial charge in [-0.3, -0.25) is 10.4 Å². The first-order chi connectivity index (χ1) is 16.9. The number of aromatic nitrogens is 1. The van der Waals surface area contributed by atoms with Crippen molar-refractivity contribution in [3.05, 3.63) is 120 Å². The van der Waals surface area contributed by atoms with E-state index in [9.17, 15) is 0 Å². The van der Waals surface area contributed by atoms with Crippen molar-refractivity contribution in [2.24, 2.45) is 17.5 Å². The third-order valence-electron chi connectivity index (χ3n) is 6.61. The predicted molar refractivity (Wildman–Crippen MR) is 151 cm³/mol. The predicted octanol–water partition coefficient (Wildman–Crippen LogP) is 8.09. The quantitative estimate of drug-likeness (QED) is 0.267. The lowest BCUT2D eigenvalue weighted by Crippen LogP contribution is -2.04. The van der Waals surface area contributed by atoms with Crippen LogP contribution in [0.5, 0.6) is 0 Å². The van der Waals surface area contributed by atoms with E-state index in [0.717, 1.165) is 16.8 Å². The summed E-state index contributed by atoms with van der Waals surface area (Å²) in [5, 5.41) is 13.6. The Labute approximate surface area is 206 Å². The maximum atomic E-state index is 8.24. The lowest BCUT2D eigenvalue weighted by atomic mass is 9.95. The van der Waals surface area contributed by atoms with Crippen molar-refractivity contribution in [3.8, 4) is 0 Å². The van der Waals surface area contributed by atoms with E-state index in [2.05, 4.69) is 104 Å². The topological polar surface area (TPSA) is 41.1 Å². The smallest absolute Gasteiger partial charge is 0.0703 e. The van der Waals surface area contributed by atoms with Crippen molar-refractivity contribution in [2.75, 3.05) is 0 Å². The number of fused-ring (bicyclic) bond motifs is 5. The van der Waals surface area contributed by atoms with Gasteiger partial charge in [0.05, 0.1) is 11.4 Å². The van der Waals surface area contributed by atoms with E-state index in [1.54, 1.807) is 0 Å². The molecule has 5 aromatic rings. The molecule has 1 heterocycles. The molecular weight excluding hydrogens is 426 g/mol. The van der Waals surface area contributed by atoms with E-state index in [-0.39, 0.29) is 5.41 Å². The third kappa shape index (κ3) is 4.10. The van der Waals surface area contributed by atoms with Crippen molar-refractivity contribution < 1.29 is 0 Å². The maximum Gasteiger partial charge on any atom is 0.0703 e. The van der Waals surface area contributed by atoms with Crippen LogP contribution in [0.25, 0.3) is 32.6 Å². The molecule has 35 heavy (non-hydrogen) atoms. The minimum Gasteiger partial charge on any atom is -0.344 e. The fourth-order valence-corrected chi connectivity index (χ4v) is 4.94. The Morgan fingerprint density at radius 1 is 0.771 bits per heavy atom. The molecule has 1 N–H and O–H groups in total. The highest BCUT2D eigenvalue weighted by molar-refractivity contribution is 6.20. The summed E-state index contributed by atoms with van der Waals surface area (Å²) in [6.07, 6.45) is 4.12. The molecule has 3 heteroatoms. The van der Waals surface area contributed by atoms with E-state index >= 15 is 0 Å². The number of benzene rings is 4. The summed E-state index contributed by atoms with van der Waals surface area (Å²) >= 11 is 0. The minimum atomic E-state index is -0.0487. The molecule has 0 saturated heterocycles.